The first kappa shape index (κ1) is 18.2. The molecule has 4 aromatic rings. The van der Waals surface area contributed by atoms with E-state index in [4.69, 9.17) is 16.6 Å². The maximum Gasteiger partial charge on any atom is 0.157 e. The Balaban J connectivity index is 1.64. The van der Waals surface area contributed by atoms with Crippen molar-refractivity contribution in [3.05, 3.63) is 72.0 Å². The number of nitrogens with zero attached hydrogens (tertiary/aromatic N) is 3. The summed E-state index contributed by atoms with van der Waals surface area (Å²) in [5.74, 6) is 1.04. The highest BCUT2D eigenvalue weighted by Gasteiger charge is 2.20. The molecule has 1 aliphatic rings. The van der Waals surface area contributed by atoms with Crippen LogP contribution in [0, 0.1) is 0 Å². The van der Waals surface area contributed by atoms with Crippen molar-refractivity contribution in [2.75, 3.05) is 5.32 Å². The van der Waals surface area contributed by atoms with Crippen LogP contribution in [0.3, 0.4) is 0 Å². The van der Waals surface area contributed by atoms with E-state index < -0.39 is 0 Å². The fourth-order valence-corrected chi connectivity index (χ4v) is 4.23. The minimum Gasteiger partial charge on any atom is -0.367 e. The van der Waals surface area contributed by atoms with Gasteiger partial charge in [-0.05, 0) is 25.0 Å². The van der Waals surface area contributed by atoms with Crippen LogP contribution in [0.4, 0.5) is 5.82 Å². The van der Waals surface area contributed by atoms with E-state index in [2.05, 4.69) is 33.0 Å². The van der Waals surface area contributed by atoms with Gasteiger partial charge < -0.3 is 5.32 Å². The fraction of sp³-hybridized carbons (Fsp3) is 0.250. The number of nitrogens with one attached hydrogen (secondary N) is 1. The van der Waals surface area contributed by atoms with Crippen LogP contribution in [-0.2, 0) is 0 Å². The third kappa shape index (κ3) is 3.73. The molecule has 0 saturated heterocycles. The van der Waals surface area contributed by atoms with Gasteiger partial charge in [0.1, 0.15) is 11.5 Å². The van der Waals surface area contributed by atoms with Crippen molar-refractivity contribution in [1.82, 2.24) is 14.4 Å². The van der Waals surface area contributed by atoms with E-state index in [-0.39, 0.29) is 0 Å². The molecule has 0 unspecified atom stereocenters. The molecule has 29 heavy (non-hydrogen) atoms. The monoisotopic (exact) mass is 402 g/mol. The zero-order valence-corrected chi connectivity index (χ0v) is 16.9. The molecule has 4 nitrogen and oxygen atoms in total. The van der Waals surface area contributed by atoms with Gasteiger partial charge in [0, 0.05) is 28.4 Å². The number of fused-ring (bicyclic) bond motifs is 1. The van der Waals surface area contributed by atoms with E-state index in [9.17, 15) is 0 Å². The summed E-state index contributed by atoms with van der Waals surface area (Å²) in [6, 6.07) is 18.6. The highest BCUT2D eigenvalue weighted by atomic mass is 35.5. The Kier molecular flexibility index (Phi) is 4.94. The summed E-state index contributed by atoms with van der Waals surface area (Å²) in [5, 5.41) is 4.53. The zero-order chi connectivity index (χ0) is 19.6. The normalized spacial score (nSPS) is 14.9. The molecule has 5 heteroatoms. The maximum absolute atomic E-state index is 6.11. The first-order valence-corrected chi connectivity index (χ1v) is 10.6. The highest BCUT2D eigenvalue weighted by molar-refractivity contribution is 6.30. The number of hydrogen-bond acceptors (Lipinski definition) is 3. The van der Waals surface area contributed by atoms with E-state index >= 15 is 0 Å². The molecule has 2 heterocycles. The summed E-state index contributed by atoms with van der Waals surface area (Å²) in [6.07, 6.45) is 10.2. The second-order valence-corrected chi connectivity index (χ2v) is 8.10. The molecule has 1 fully saturated rings. The Morgan fingerprint density at radius 3 is 2.41 bits per heavy atom. The maximum atomic E-state index is 6.11. The molecule has 1 saturated carbocycles. The van der Waals surface area contributed by atoms with Crippen molar-refractivity contribution in [3.63, 3.8) is 0 Å². The molecule has 0 atom stereocenters. The van der Waals surface area contributed by atoms with Crippen molar-refractivity contribution in [2.45, 2.75) is 38.1 Å². The van der Waals surface area contributed by atoms with Crippen LogP contribution in [0.1, 0.15) is 32.1 Å². The minimum absolute atomic E-state index is 0.475. The Hall–Kier alpha value is -2.85. The lowest BCUT2D eigenvalue weighted by molar-refractivity contribution is 0.462. The average molecular weight is 403 g/mol. The Morgan fingerprint density at radius 1 is 0.897 bits per heavy atom. The van der Waals surface area contributed by atoms with Crippen molar-refractivity contribution in [1.29, 1.82) is 0 Å². The van der Waals surface area contributed by atoms with Crippen molar-refractivity contribution in [3.8, 4) is 22.5 Å². The van der Waals surface area contributed by atoms with Crippen LogP contribution >= 0.6 is 11.6 Å². The SMILES string of the molecule is Clc1ccc(-c2nc3cnc(-c4ccccc4)cn3c2NC2CCCCC2)cc1. The lowest BCUT2D eigenvalue weighted by Gasteiger charge is -2.24. The molecule has 1 N–H and O–H groups in total. The van der Waals surface area contributed by atoms with Gasteiger partial charge >= 0.3 is 0 Å². The third-order valence-electron chi connectivity index (χ3n) is 5.64. The van der Waals surface area contributed by atoms with Gasteiger partial charge in [0.15, 0.2) is 5.65 Å². The first-order valence-electron chi connectivity index (χ1n) is 10.2. The molecule has 5 rings (SSSR count). The summed E-state index contributed by atoms with van der Waals surface area (Å²) >= 11 is 6.11. The summed E-state index contributed by atoms with van der Waals surface area (Å²) in [6.45, 7) is 0. The van der Waals surface area contributed by atoms with Gasteiger partial charge in [0.25, 0.3) is 0 Å². The van der Waals surface area contributed by atoms with Gasteiger partial charge in [-0.15, -0.1) is 0 Å². The lowest BCUT2D eigenvalue weighted by Crippen LogP contribution is -2.23. The summed E-state index contributed by atoms with van der Waals surface area (Å²) < 4.78 is 2.15. The topological polar surface area (TPSA) is 42.2 Å². The van der Waals surface area contributed by atoms with E-state index in [1.54, 1.807) is 0 Å². The fourth-order valence-electron chi connectivity index (χ4n) is 4.10. The number of benzene rings is 2. The van der Waals surface area contributed by atoms with Crippen molar-refractivity contribution >= 4 is 23.1 Å². The van der Waals surface area contributed by atoms with E-state index in [1.165, 1.54) is 32.1 Å². The second kappa shape index (κ2) is 7.88. The first-order chi connectivity index (χ1) is 14.3. The number of halogens is 1. The van der Waals surface area contributed by atoms with Crippen LogP contribution in [-0.4, -0.2) is 20.4 Å². The number of rotatable bonds is 4. The average Bonchev–Trinajstić information content (AvgIpc) is 3.13. The highest BCUT2D eigenvalue weighted by Crippen LogP contribution is 2.33. The molecule has 0 bridgehead atoms. The molecular formula is C24H23ClN4. The lowest BCUT2D eigenvalue weighted by atomic mass is 9.95. The van der Waals surface area contributed by atoms with Gasteiger partial charge in [-0.2, -0.15) is 0 Å². The Labute approximate surface area is 175 Å². The number of anilines is 1. The van der Waals surface area contributed by atoms with E-state index in [0.29, 0.717) is 6.04 Å². The van der Waals surface area contributed by atoms with Crippen LogP contribution in [0.2, 0.25) is 5.02 Å². The van der Waals surface area contributed by atoms with Gasteiger partial charge in [0.05, 0.1) is 11.9 Å². The van der Waals surface area contributed by atoms with Gasteiger partial charge in [-0.1, -0.05) is 73.3 Å². The molecule has 0 amide bonds. The summed E-state index contributed by atoms with van der Waals surface area (Å²) in [7, 11) is 0. The largest absolute Gasteiger partial charge is 0.367 e. The van der Waals surface area contributed by atoms with Gasteiger partial charge in [-0.25, -0.2) is 4.98 Å². The van der Waals surface area contributed by atoms with Crippen LogP contribution in [0.15, 0.2) is 67.0 Å². The molecule has 1 aliphatic carbocycles. The van der Waals surface area contributed by atoms with E-state index in [1.807, 2.05) is 48.7 Å². The second-order valence-electron chi connectivity index (χ2n) is 7.66. The smallest absolute Gasteiger partial charge is 0.157 e. The summed E-state index contributed by atoms with van der Waals surface area (Å²) in [4.78, 5) is 9.56. The van der Waals surface area contributed by atoms with Gasteiger partial charge in [0.2, 0.25) is 0 Å². The number of aromatic nitrogens is 3. The molecule has 0 radical (unpaired) electrons. The van der Waals surface area contributed by atoms with Crippen LogP contribution in [0.25, 0.3) is 28.2 Å². The van der Waals surface area contributed by atoms with E-state index in [0.717, 1.165) is 39.0 Å². The molecular weight excluding hydrogens is 380 g/mol. The predicted molar refractivity (Wildman–Crippen MR) is 119 cm³/mol. The quantitative estimate of drug-likeness (QED) is 0.425. The van der Waals surface area contributed by atoms with Crippen molar-refractivity contribution < 1.29 is 0 Å². The third-order valence-corrected chi connectivity index (χ3v) is 5.89. The predicted octanol–water partition coefficient (Wildman–Crippen LogP) is 6.46. The molecule has 2 aromatic heterocycles. The van der Waals surface area contributed by atoms with Crippen molar-refractivity contribution in [2.24, 2.45) is 0 Å². The van der Waals surface area contributed by atoms with Crippen LogP contribution < -0.4 is 5.32 Å². The number of imidazole rings is 1. The zero-order valence-electron chi connectivity index (χ0n) is 16.2. The summed E-state index contributed by atoms with van der Waals surface area (Å²) in [5.41, 5.74) is 4.87. The molecule has 0 spiro atoms. The molecule has 146 valence electrons. The Morgan fingerprint density at radius 2 is 1.66 bits per heavy atom. The molecule has 0 aliphatic heterocycles. The standard InChI is InChI=1S/C24H23ClN4/c25-19-13-11-18(12-14-19)23-24(27-20-9-5-2-6-10-20)29-16-21(26-15-22(29)28-23)17-7-3-1-4-8-17/h1,3-4,7-8,11-16,20,27H,2,5-6,9-10H2. The van der Waals surface area contributed by atoms with Crippen LogP contribution in [0.5, 0.6) is 0 Å². The number of hydrogen-bond donors (Lipinski definition) is 1. The Bertz CT molecular complexity index is 1110. The minimum atomic E-state index is 0.475. The molecule has 2 aromatic carbocycles. The van der Waals surface area contributed by atoms with Gasteiger partial charge in [-0.3, -0.25) is 9.38 Å².